The van der Waals surface area contributed by atoms with E-state index in [1.54, 1.807) is 0 Å². The normalized spacial score (nSPS) is 24.1. The minimum Gasteiger partial charge on any atom is -0.486 e. The van der Waals surface area contributed by atoms with Gasteiger partial charge in [-0.05, 0) is 25.2 Å². The molecule has 4 nitrogen and oxygen atoms in total. The number of rotatable bonds is 3. The molecule has 1 N–H and O–H groups in total. The average Bonchev–Trinajstić information content (AvgIpc) is 3.30. The quantitative estimate of drug-likeness (QED) is 0.919. The van der Waals surface area contributed by atoms with E-state index in [0.717, 1.165) is 24.0 Å². The zero-order valence-corrected chi connectivity index (χ0v) is 12.0. The molecule has 108 valence electrons. The molecule has 1 aliphatic carbocycles. The lowest BCUT2D eigenvalue weighted by atomic mass is 10.1. The van der Waals surface area contributed by atoms with Gasteiger partial charge in [0.05, 0.1) is 11.4 Å². The number of hydrogen-bond acceptors (Lipinski definition) is 4. The van der Waals surface area contributed by atoms with Crippen molar-refractivity contribution < 1.29 is 9.47 Å². The smallest absolute Gasteiger partial charge is 0.163 e. The Morgan fingerprint density at radius 3 is 2.65 bits per heavy atom. The molecule has 0 spiro atoms. The number of hydrogen-bond donors (Lipinski definition) is 1. The van der Waals surface area contributed by atoms with E-state index in [2.05, 4.69) is 29.3 Å². The summed E-state index contributed by atoms with van der Waals surface area (Å²) in [7, 11) is 0. The van der Waals surface area contributed by atoms with Crippen molar-refractivity contribution in [3.8, 4) is 11.5 Å². The van der Waals surface area contributed by atoms with Crippen LogP contribution in [0.2, 0.25) is 0 Å². The van der Waals surface area contributed by atoms with Crippen LogP contribution >= 0.6 is 0 Å². The van der Waals surface area contributed by atoms with E-state index in [9.17, 15) is 0 Å². The molecule has 1 unspecified atom stereocenters. The van der Waals surface area contributed by atoms with Gasteiger partial charge in [-0.15, -0.1) is 0 Å². The van der Waals surface area contributed by atoms with Gasteiger partial charge in [-0.3, -0.25) is 0 Å². The van der Waals surface area contributed by atoms with Crippen LogP contribution in [0.5, 0.6) is 11.5 Å². The zero-order chi connectivity index (χ0) is 13.5. The van der Waals surface area contributed by atoms with E-state index in [1.165, 1.54) is 37.2 Å². The first-order valence-electron chi connectivity index (χ1n) is 7.79. The number of nitrogens with one attached hydrogen (secondary N) is 1. The molecular weight excluding hydrogens is 252 g/mol. The second-order valence-electron chi connectivity index (χ2n) is 6.05. The van der Waals surface area contributed by atoms with Crippen molar-refractivity contribution in [2.75, 3.05) is 36.5 Å². The van der Waals surface area contributed by atoms with Gasteiger partial charge < -0.3 is 19.7 Å². The van der Waals surface area contributed by atoms with Crippen molar-refractivity contribution in [3.05, 3.63) is 12.1 Å². The Kier molecular flexibility index (Phi) is 2.90. The van der Waals surface area contributed by atoms with Crippen LogP contribution < -0.4 is 19.7 Å². The number of nitrogens with zero attached hydrogens (tertiary/aromatic N) is 1. The number of anilines is 2. The predicted molar refractivity (Wildman–Crippen MR) is 80.1 cm³/mol. The second-order valence-corrected chi connectivity index (χ2v) is 6.05. The molecule has 4 rings (SSSR count). The lowest BCUT2D eigenvalue weighted by Gasteiger charge is -2.40. The summed E-state index contributed by atoms with van der Waals surface area (Å²) < 4.78 is 11.4. The number of ether oxygens (including phenoxy) is 2. The summed E-state index contributed by atoms with van der Waals surface area (Å²) in [6, 6.07) is 4.86. The third kappa shape index (κ3) is 2.07. The highest BCUT2D eigenvalue weighted by molar-refractivity contribution is 5.77. The van der Waals surface area contributed by atoms with Gasteiger partial charge in [-0.2, -0.15) is 0 Å². The Morgan fingerprint density at radius 2 is 1.95 bits per heavy atom. The van der Waals surface area contributed by atoms with E-state index < -0.39 is 0 Å². The molecule has 4 heteroatoms. The SMILES string of the molecule is CCC1CNc2cc3c(cc2N1CC1CC1)OCCO3. The topological polar surface area (TPSA) is 33.7 Å². The predicted octanol–water partition coefficient (Wildman–Crippen LogP) is 2.88. The number of benzene rings is 1. The van der Waals surface area contributed by atoms with Gasteiger partial charge in [0, 0.05) is 31.3 Å². The Hall–Kier alpha value is -1.58. The molecule has 1 saturated carbocycles. The van der Waals surface area contributed by atoms with Crippen molar-refractivity contribution in [2.45, 2.75) is 32.2 Å². The highest BCUT2D eigenvalue weighted by Gasteiger charge is 2.32. The first-order chi connectivity index (χ1) is 9.85. The van der Waals surface area contributed by atoms with Crippen molar-refractivity contribution in [1.82, 2.24) is 0 Å². The Balaban J connectivity index is 1.71. The van der Waals surface area contributed by atoms with Gasteiger partial charge in [0.1, 0.15) is 13.2 Å². The van der Waals surface area contributed by atoms with E-state index in [-0.39, 0.29) is 0 Å². The molecule has 0 amide bonds. The molecule has 0 aromatic heterocycles. The Labute approximate surface area is 120 Å². The fourth-order valence-corrected chi connectivity index (χ4v) is 3.18. The molecule has 1 atom stereocenters. The summed E-state index contributed by atoms with van der Waals surface area (Å²) in [5, 5.41) is 3.56. The molecule has 0 bridgehead atoms. The summed E-state index contributed by atoms with van der Waals surface area (Å²) >= 11 is 0. The Morgan fingerprint density at radius 1 is 1.20 bits per heavy atom. The fourth-order valence-electron chi connectivity index (χ4n) is 3.18. The van der Waals surface area contributed by atoms with Crippen LogP contribution in [0.1, 0.15) is 26.2 Å². The highest BCUT2D eigenvalue weighted by Crippen LogP contribution is 2.44. The van der Waals surface area contributed by atoms with Gasteiger partial charge in [0.2, 0.25) is 0 Å². The lowest BCUT2D eigenvalue weighted by molar-refractivity contribution is 0.171. The second kappa shape index (κ2) is 4.76. The molecule has 0 saturated heterocycles. The first kappa shape index (κ1) is 12.2. The van der Waals surface area contributed by atoms with E-state index in [4.69, 9.17) is 9.47 Å². The molecule has 1 aromatic rings. The van der Waals surface area contributed by atoms with Gasteiger partial charge >= 0.3 is 0 Å². The van der Waals surface area contributed by atoms with E-state index in [1.807, 2.05) is 0 Å². The molecule has 20 heavy (non-hydrogen) atoms. The van der Waals surface area contributed by atoms with Gasteiger partial charge in [0.25, 0.3) is 0 Å². The van der Waals surface area contributed by atoms with E-state index in [0.29, 0.717) is 19.3 Å². The first-order valence-corrected chi connectivity index (χ1v) is 7.79. The Bertz CT molecular complexity index is 513. The summed E-state index contributed by atoms with van der Waals surface area (Å²) in [5.74, 6) is 2.67. The summed E-state index contributed by atoms with van der Waals surface area (Å²) in [6.45, 7) is 5.78. The van der Waals surface area contributed by atoms with Crippen LogP contribution in [0, 0.1) is 5.92 Å². The molecule has 1 fully saturated rings. The van der Waals surface area contributed by atoms with Gasteiger partial charge in [-0.1, -0.05) is 6.92 Å². The van der Waals surface area contributed by atoms with Crippen molar-refractivity contribution in [3.63, 3.8) is 0 Å². The molecule has 1 aromatic carbocycles. The van der Waals surface area contributed by atoms with Crippen molar-refractivity contribution in [1.29, 1.82) is 0 Å². The number of fused-ring (bicyclic) bond motifs is 2. The molecular formula is C16H22N2O2. The van der Waals surface area contributed by atoms with Crippen molar-refractivity contribution in [2.24, 2.45) is 5.92 Å². The third-order valence-corrected chi connectivity index (χ3v) is 4.56. The largest absolute Gasteiger partial charge is 0.486 e. The van der Waals surface area contributed by atoms with Gasteiger partial charge in [0.15, 0.2) is 11.5 Å². The van der Waals surface area contributed by atoms with Crippen LogP contribution in [-0.4, -0.2) is 32.3 Å². The van der Waals surface area contributed by atoms with Crippen LogP contribution in [0.3, 0.4) is 0 Å². The lowest BCUT2D eigenvalue weighted by Crippen LogP contribution is -2.44. The monoisotopic (exact) mass is 274 g/mol. The summed E-state index contributed by atoms with van der Waals surface area (Å²) in [4.78, 5) is 2.59. The average molecular weight is 274 g/mol. The molecule has 3 aliphatic rings. The maximum atomic E-state index is 5.75. The summed E-state index contributed by atoms with van der Waals surface area (Å²) in [6.07, 6.45) is 3.95. The zero-order valence-electron chi connectivity index (χ0n) is 12.0. The van der Waals surface area contributed by atoms with Crippen LogP contribution in [0.15, 0.2) is 12.1 Å². The van der Waals surface area contributed by atoms with Crippen LogP contribution in [0.4, 0.5) is 11.4 Å². The fraction of sp³-hybridized carbons (Fsp3) is 0.625. The van der Waals surface area contributed by atoms with E-state index >= 15 is 0 Å². The maximum absolute atomic E-state index is 5.75. The molecule has 2 heterocycles. The van der Waals surface area contributed by atoms with Crippen LogP contribution in [0.25, 0.3) is 0 Å². The van der Waals surface area contributed by atoms with Crippen LogP contribution in [-0.2, 0) is 0 Å². The summed E-state index contributed by atoms with van der Waals surface area (Å²) in [5.41, 5.74) is 2.49. The maximum Gasteiger partial charge on any atom is 0.163 e. The standard InChI is InChI=1S/C16H22N2O2/c1-2-12-9-17-13-7-15-16(20-6-5-19-15)8-14(13)18(12)10-11-3-4-11/h7-8,11-12,17H,2-6,9-10H2,1H3. The highest BCUT2D eigenvalue weighted by atomic mass is 16.6. The third-order valence-electron chi connectivity index (χ3n) is 4.56. The van der Waals surface area contributed by atoms with Crippen molar-refractivity contribution >= 4 is 11.4 Å². The minimum atomic E-state index is 0.589. The van der Waals surface area contributed by atoms with Gasteiger partial charge in [-0.25, -0.2) is 0 Å². The molecule has 2 aliphatic heterocycles. The minimum absolute atomic E-state index is 0.589. The molecule has 0 radical (unpaired) electrons.